The van der Waals surface area contributed by atoms with Crippen LogP contribution in [-0.4, -0.2) is 47.3 Å². The van der Waals surface area contributed by atoms with Gasteiger partial charge < -0.3 is 19.8 Å². The second kappa shape index (κ2) is 7.28. The average Bonchev–Trinajstić information content (AvgIpc) is 3.34. The van der Waals surface area contributed by atoms with E-state index in [9.17, 15) is 4.79 Å². The predicted octanol–water partition coefficient (Wildman–Crippen LogP) is 2.97. The third kappa shape index (κ3) is 2.93. The van der Waals surface area contributed by atoms with E-state index in [0.717, 1.165) is 16.9 Å². The van der Waals surface area contributed by atoms with Gasteiger partial charge in [-0.15, -0.1) is 0 Å². The van der Waals surface area contributed by atoms with Crippen LogP contribution in [0, 0.1) is 0 Å². The van der Waals surface area contributed by atoms with Crippen LogP contribution in [0.25, 0.3) is 0 Å². The van der Waals surface area contributed by atoms with Crippen molar-refractivity contribution in [2.24, 2.45) is 9.98 Å². The van der Waals surface area contributed by atoms with Gasteiger partial charge in [0, 0.05) is 0 Å². The number of ether oxygens (including phenoxy) is 2. The Bertz CT molecular complexity index is 1180. The first-order chi connectivity index (χ1) is 15.2. The Morgan fingerprint density at radius 1 is 1.00 bits per heavy atom. The van der Waals surface area contributed by atoms with E-state index in [2.05, 4.69) is 25.3 Å². The van der Waals surface area contributed by atoms with Crippen LogP contribution < -0.4 is 14.8 Å². The zero-order valence-electron chi connectivity index (χ0n) is 17.0. The van der Waals surface area contributed by atoms with Gasteiger partial charge in [0.15, 0.2) is 17.2 Å². The van der Waals surface area contributed by atoms with Gasteiger partial charge in [-0.3, -0.25) is 4.90 Å². The van der Waals surface area contributed by atoms with E-state index in [1.165, 1.54) is 6.34 Å². The Balaban J connectivity index is 1.62. The second-order valence-corrected chi connectivity index (χ2v) is 7.14. The minimum atomic E-state index is -1.06. The molecule has 1 fully saturated rings. The van der Waals surface area contributed by atoms with Crippen LogP contribution in [0.5, 0.6) is 11.5 Å². The zero-order valence-corrected chi connectivity index (χ0v) is 17.0. The Morgan fingerprint density at radius 2 is 1.68 bits per heavy atom. The molecule has 9 heteroatoms. The molecule has 0 spiro atoms. The quantitative estimate of drug-likeness (QED) is 0.667. The zero-order chi connectivity index (χ0) is 21.4. The van der Waals surface area contributed by atoms with E-state index < -0.39 is 5.54 Å². The molecule has 0 saturated carbocycles. The fourth-order valence-corrected chi connectivity index (χ4v) is 3.97. The molecule has 5 rings (SSSR count). The lowest BCUT2D eigenvalue weighted by molar-refractivity contribution is 0.225. The van der Waals surface area contributed by atoms with E-state index in [1.807, 2.05) is 48.5 Å². The van der Waals surface area contributed by atoms with Crippen LogP contribution in [0.4, 0.5) is 10.6 Å². The van der Waals surface area contributed by atoms with Gasteiger partial charge in [0.1, 0.15) is 17.8 Å². The van der Waals surface area contributed by atoms with E-state index in [1.54, 1.807) is 25.4 Å². The number of benzene rings is 2. The number of hydrogen-bond donors (Lipinski definition) is 2. The summed E-state index contributed by atoms with van der Waals surface area (Å²) >= 11 is 0. The number of aliphatic imine (C=N–C) groups is 2. The number of imidazole rings is 1. The Labute approximate surface area is 178 Å². The first-order valence-corrected chi connectivity index (χ1v) is 9.67. The summed E-state index contributed by atoms with van der Waals surface area (Å²) in [5.74, 6) is 2.46. The molecule has 1 saturated heterocycles. The first-order valence-electron chi connectivity index (χ1n) is 9.67. The van der Waals surface area contributed by atoms with Gasteiger partial charge in [-0.1, -0.05) is 24.3 Å². The summed E-state index contributed by atoms with van der Waals surface area (Å²) in [4.78, 5) is 31.2. The minimum Gasteiger partial charge on any atom is -0.497 e. The number of amides is 2. The van der Waals surface area contributed by atoms with Crippen molar-refractivity contribution in [3.05, 3.63) is 71.7 Å². The van der Waals surface area contributed by atoms with Crippen molar-refractivity contribution < 1.29 is 14.3 Å². The Morgan fingerprint density at radius 3 is 2.35 bits per heavy atom. The summed E-state index contributed by atoms with van der Waals surface area (Å²) in [6.45, 7) is 0.337. The number of amidine groups is 1. The lowest BCUT2D eigenvalue weighted by Gasteiger charge is -2.29. The van der Waals surface area contributed by atoms with Gasteiger partial charge in [-0.25, -0.2) is 19.8 Å². The van der Waals surface area contributed by atoms with Gasteiger partial charge >= 0.3 is 6.03 Å². The number of nitrogens with one attached hydrogen (secondary N) is 2. The number of fused-ring (bicyclic) bond motifs is 3. The molecule has 9 nitrogen and oxygen atoms in total. The number of carbonyl (C=O) groups is 1. The summed E-state index contributed by atoms with van der Waals surface area (Å²) in [6.07, 6.45) is 3.00. The predicted molar refractivity (Wildman–Crippen MR) is 115 cm³/mol. The first kappa shape index (κ1) is 18.9. The lowest BCUT2D eigenvalue weighted by Crippen LogP contribution is -2.45. The Kier molecular flexibility index (Phi) is 4.43. The van der Waals surface area contributed by atoms with Crippen molar-refractivity contribution in [3.63, 3.8) is 0 Å². The number of aromatic amines is 1. The molecular weight excluding hydrogens is 396 g/mol. The van der Waals surface area contributed by atoms with Crippen molar-refractivity contribution in [3.8, 4) is 11.5 Å². The van der Waals surface area contributed by atoms with Crippen LogP contribution in [0.2, 0.25) is 0 Å². The molecule has 0 bridgehead atoms. The maximum absolute atomic E-state index is 13.2. The van der Waals surface area contributed by atoms with Gasteiger partial charge in [-0.2, -0.15) is 0 Å². The smallest absolute Gasteiger partial charge is 0.324 e. The molecule has 2 amide bonds. The van der Waals surface area contributed by atoms with E-state index in [-0.39, 0.29) is 6.03 Å². The van der Waals surface area contributed by atoms with Crippen LogP contribution >= 0.6 is 0 Å². The SMILES string of the molecule is COc1ccc(CN2C(=O)NC3(c4ccc(OC)cc4)C2=NC=Nc2nc[nH]c23)cc1. The monoisotopic (exact) mass is 416 g/mol. The Hall–Kier alpha value is -4.14. The number of carbonyl (C=O) groups excluding carboxylic acids is 1. The largest absolute Gasteiger partial charge is 0.497 e. The molecule has 156 valence electrons. The van der Waals surface area contributed by atoms with Gasteiger partial charge in [-0.05, 0) is 35.4 Å². The maximum atomic E-state index is 13.2. The molecule has 2 aliphatic heterocycles. The number of urea groups is 1. The third-order valence-corrected chi connectivity index (χ3v) is 5.51. The molecule has 31 heavy (non-hydrogen) atoms. The topological polar surface area (TPSA) is 104 Å². The van der Waals surface area contributed by atoms with Gasteiger partial charge in [0.25, 0.3) is 0 Å². The van der Waals surface area contributed by atoms with Crippen molar-refractivity contribution in [1.82, 2.24) is 20.2 Å². The molecular formula is C22H20N6O3. The molecule has 0 radical (unpaired) electrons. The molecule has 1 atom stereocenters. The van der Waals surface area contributed by atoms with Crippen LogP contribution in [0.15, 0.2) is 64.8 Å². The number of aromatic nitrogens is 2. The number of hydrogen-bond acceptors (Lipinski definition) is 6. The molecule has 1 aromatic heterocycles. The van der Waals surface area contributed by atoms with E-state index in [4.69, 9.17) is 9.47 Å². The third-order valence-electron chi connectivity index (χ3n) is 5.51. The standard InChI is InChI=1S/C22H20N6O3/c1-30-16-7-3-14(4-8-16)11-28-20-22(27-21(28)29,15-5-9-17(31-2)10-6-15)18-19(24-12-23-18)25-13-26-20/h3-10,12-13H,11H2,1-2H3,(H,23,24)(H,27,29). The molecule has 1 unspecified atom stereocenters. The summed E-state index contributed by atoms with van der Waals surface area (Å²) in [5, 5.41) is 3.14. The van der Waals surface area contributed by atoms with Crippen molar-refractivity contribution >= 4 is 24.0 Å². The molecule has 0 aliphatic carbocycles. The normalized spacial score (nSPS) is 19.2. The van der Waals surface area contributed by atoms with Gasteiger partial charge in [0.05, 0.1) is 32.8 Å². The highest BCUT2D eigenvalue weighted by atomic mass is 16.5. The van der Waals surface area contributed by atoms with Crippen LogP contribution in [0.1, 0.15) is 16.8 Å². The molecule has 3 heterocycles. The van der Waals surface area contributed by atoms with E-state index >= 15 is 0 Å². The van der Waals surface area contributed by atoms with Crippen molar-refractivity contribution in [2.75, 3.05) is 14.2 Å². The summed E-state index contributed by atoms with van der Waals surface area (Å²) in [5.41, 5.74) is 1.35. The average molecular weight is 416 g/mol. The van der Waals surface area contributed by atoms with Crippen molar-refractivity contribution in [1.29, 1.82) is 0 Å². The highest BCUT2D eigenvalue weighted by molar-refractivity contribution is 6.15. The van der Waals surface area contributed by atoms with E-state index in [0.29, 0.717) is 29.6 Å². The lowest BCUT2D eigenvalue weighted by atomic mass is 9.85. The molecule has 3 aromatic rings. The minimum absolute atomic E-state index is 0.263. The number of H-pyrrole nitrogens is 1. The van der Waals surface area contributed by atoms with Gasteiger partial charge in [0.2, 0.25) is 0 Å². The summed E-state index contributed by atoms with van der Waals surface area (Å²) in [6, 6.07) is 14.8. The van der Waals surface area contributed by atoms with Crippen LogP contribution in [-0.2, 0) is 12.1 Å². The number of rotatable bonds is 5. The number of nitrogens with zero attached hydrogens (tertiary/aromatic N) is 4. The van der Waals surface area contributed by atoms with Crippen molar-refractivity contribution in [2.45, 2.75) is 12.1 Å². The number of methoxy groups -OCH3 is 2. The second-order valence-electron chi connectivity index (χ2n) is 7.14. The fourth-order valence-electron chi connectivity index (χ4n) is 3.97. The highest BCUT2D eigenvalue weighted by Crippen LogP contribution is 2.41. The van der Waals surface area contributed by atoms with Crippen LogP contribution in [0.3, 0.4) is 0 Å². The molecule has 2 N–H and O–H groups in total. The summed E-state index contributed by atoms with van der Waals surface area (Å²) in [7, 11) is 3.23. The summed E-state index contributed by atoms with van der Waals surface area (Å²) < 4.78 is 10.5. The fraction of sp³-hybridized carbons (Fsp3) is 0.182. The maximum Gasteiger partial charge on any atom is 0.324 e. The molecule has 2 aliphatic rings. The highest BCUT2D eigenvalue weighted by Gasteiger charge is 2.54. The molecule has 2 aromatic carbocycles.